The van der Waals surface area contributed by atoms with Gasteiger partial charge in [-0.1, -0.05) is 39.3 Å². The molecule has 3 unspecified atom stereocenters. The van der Waals surface area contributed by atoms with E-state index in [2.05, 4.69) is 36.9 Å². The largest absolute Gasteiger partial charge is 0.493 e. The minimum atomic E-state index is -0.837. The van der Waals surface area contributed by atoms with Crippen molar-refractivity contribution in [3.05, 3.63) is 29.3 Å². The van der Waals surface area contributed by atoms with Crippen molar-refractivity contribution in [3.63, 3.8) is 0 Å². The average molecular weight is 585 g/mol. The molecule has 0 spiro atoms. The van der Waals surface area contributed by atoms with Gasteiger partial charge in [-0.3, -0.25) is 19.3 Å². The van der Waals surface area contributed by atoms with Crippen LogP contribution in [0.1, 0.15) is 76.3 Å². The van der Waals surface area contributed by atoms with Crippen LogP contribution in [0.3, 0.4) is 0 Å². The molecule has 1 aromatic rings. The van der Waals surface area contributed by atoms with Crippen molar-refractivity contribution in [3.8, 4) is 5.75 Å². The van der Waals surface area contributed by atoms with Crippen LogP contribution >= 0.6 is 0 Å². The van der Waals surface area contributed by atoms with Crippen LogP contribution in [0.25, 0.3) is 0 Å². The number of aliphatic carboxylic acids is 1. The molecule has 4 rings (SSSR count). The molecule has 0 saturated carbocycles. The molecule has 1 aromatic carbocycles. The summed E-state index contributed by atoms with van der Waals surface area (Å²) in [4.78, 5) is 47.8. The van der Waals surface area contributed by atoms with Gasteiger partial charge >= 0.3 is 5.97 Å². The number of nitrogens with zero attached hydrogens (tertiary/aromatic N) is 4. The first-order valence-electron chi connectivity index (χ1n) is 16.0. The summed E-state index contributed by atoms with van der Waals surface area (Å²) in [5, 5.41) is 10.6. The number of likely N-dealkylation sites (tertiary alicyclic amines) is 2. The van der Waals surface area contributed by atoms with E-state index in [-0.39, 0.29) is 35.7 Å². The van der Waals surface area contributed by atoms with Gasteiger partial charge in [-0.2, -0.15) is 0 Å². The normalized spacial score (nSPS) is 23.4. The highest BCUT2D eigenvalue weighted by molar-refractivity contribution is 5.84. The van der Waals surface area contributed by atoms with Gasteiger partial charge in [-0.15, -0.1) is 0 Å². The Morgan fingerprint density at radius 3 is 2.52 bits per heavy atom. The number of ether oxygens (including phenoxy) is 1. The summed E-state index contributed by atoms with van der Waals surface area (Å²) in [6.45, 7) is 11.1. The zero-order valence-electron chi connectivity index (χ0n) is 26.4. The topological polar surface area (TPSA) is 93.6 Å². The van der Waals surface area contributed by atoms with Crippen LogP contribution in [-0.2, 0) is 20.8 Å². The number of rotatable bonds is 15. The van der Waals surface area contributed by atoms with E-state index in [4.69, 9.17) is 4.74 Å². The molecule has 2 saturated heterocycles. The summed E-state index contributed by atoms with van der Waals surface area (Å²) < 4.78 is 5.70. The van der Waals surface area contributed by atoms with Gasteiger partial charge in [-0.05, 0) is 69.9 Å². The van der Waals surface area contributed by atoms with E-state index < -0.39 is 11.9 Å². The van der Waals surface area contributed by atoms with Crippen molar-refractivity contribution in [1.29, 1.82) is 0 Å². The molecular weight excluding hydrogens is 532 g/mol. The maximum Gasteiger partial charge on any atom is 0.308 e. The average Bonchev–Trinajstić information content (AvgIpc) is 3.62. The van der Waals surface area contributed by atoms with Crippen LogP contribution in [0.5, 0.6) is 5.75 Å². The highest BCUT2D eigenvalue weighted by Crippen LogP contribution is 2.41. The molecular formula is C33H52N4O5. The quantitative estimate of drug-likeness (QED) is 0.314. The lowest BCUT2D eigenvalue weighted by atomic mass is 9.83. The van der Waals surface area contributed by atoms with Gasteiger partial charge in [0.1, 0.15) is 5.75 Å². The van der Waals surface area contributed by atoms with E-state index in [9.17, 15) is 19.5 Å². The SMILES string of the molecule is CCCCN(CCCCN(C)C)C(=O)CN1CC(c2ccc3c(c2)CCO3)C(C(=O)O)C1CCN1CCC(C)(C)C1=O. The number of unbranched alkanes of at least 4 members (excludes halogenated alkanes) is 2. The lowest BCUT2D eigenvalue weighted by Crippen LogP contribution is -2.46. The number of carboxylic acids is 1. The van der Waals surface area contributed by atoms with Crippen molar-refractivity contribution in [1.82, 2.24) is 19.6 Å². The molecule has 9 heteroatoms. The molecule has 0 bridgehead atoms. The molecule has 1 N–H and O–H groups in total. The summed E-state index contributed by atoms with van der Waals surface area (Å²) in [5.41, 5.74) is 1.74. The molecule has 0 radical (unpaired) electrons. The number of carbonyl (C=O) groups excluding carboxylic acids is 2. The maximum atomic E-state index is 13.8. The van der Waals surface area contributed by atoms with E-state index in [0.717, 1.165) is 75.0 Å². The van der Waals surface area contributed by atoms with Crippen molar-refractivity contribution in [2.75, 3.05) is 66.5 Å². The van der Waals surface area contributed by atoms with Gasteiger partial charge in [0.15, 0.2) is 0 Å². The van der Waals surface area contributed by atoms with Crippen LogP contribution in [0.2, 0.25) is 0 Å². The van der Waals surface area contributed by atoms with Gasteiger partial charge in [0, 0.05) is 56.5 Å². The van der Waals surface area contributed by atoms with E-state index in [0.29, 0.717) is 32.7 Å². The summed E-state index contributed by atoms with van der Waals surface area (Å²) in [6, 6.07) is 5.73. The Morgan fingerprint density at radius 1 is 1.12 bits per heavy atom. The Labute approximate surface area is 252 Å². The Morgan fingerprint density at radius 2 is 1.86 bits per heavy atom. The third-order valence-corrected chi connectivity index (χ3v) is 9.50. The highest BCUT2D eigenvalue weighted by atomic mass is 16.5. The number of fused-ring (bicyclic) bond motifs is 1. The fourth-order valence-corrected chi connectivity index (χ4v) is 6.89. The summed E-state index contributed by atoms with van der Waals surface area (Å²) in [5.74, 6) is -0.647. The minimum absolute atomic E-state index is 0.0730. The molecule has 9 nitrogen and oxygen atoms in total. The Kier molecular flexibility index (Phi) is 10.9. The second-order valence-corrected chi connectivity index (χ2v) is 13.4. The van der Waals surface area contributed by atoms with Crippen molar-refractivity contribution in [2.45, 2.75) is 77.7 Å². The smallest absolute Gasteiger partial charge is 0.308 e. The Hall–Kier alpha value is -2.65. The number of carboxylic acid groups (broad SMARTS) is 1. The number of benzene rings is 1. The van der Waals surface area contributed by atoms with Crippen LogP contribution in [-0.4, -0.2) is 115 Å². The first-order chi connectivity index (χ1) is 20.0. The Balaban J connectivity index is 1.54. The molecule has 0 aromatic heterocycles. The molecule has 3 heterocycles. The van der Waals surface area contributed by atoms with E-state index >= 15 is 0 Å². The molecule has 2 amide bonds. The number of hydrogen-bond acceptors (Lipinski definition) is 6. The minimum Gasteiger partial charge on any atom is -0.493 e. The number of hydrogen-bond donors (Lipinski definition) is 1. The first-order valence-corrected chi connectivity index (χ1v) is 16.0. The predicted molar refractivity (Wildman–Crippen MR) is 164 cm³/mol. The summed E-state index contributed by atoms with van der Waals surface area (Å²) in [6.07, 6.45) is 6.11. The molecule has 0 aliphatic carbocycles. The van der Waals surface area contributed by atoms with Crippen LogP contribution in [0.15, 0.2) is 18.2 Å². The lowest BCUT2D eigenvalue weighted by Gasteiger charge is -2.31. The zero-order valence-corrected chi connectivity index (χ0v) is 26.4. The number of carbonyl (C=O) groups is 3. The molecule has 2 fully saturated rings. The molecule has 42 heavy (non-hydrogen) atoms. The third kappa shape index (κ3) is 7.64. The second-order valence-electron chi connectivity index (χ2n) is 13.4. The van der Waals surface area contributed by atoms with Gasteiger partial charge in [0.25, 0.3) is 0 Å². The molecule has 234 valence electrons. The fraction of sp³-hybridized carbons (Fsp3) is 0.727. The van der Waals surface area contributed by atoms with E-state index in [1.54, 1.807) is 0 Å². The van der Waals surface area contributed by atoms with Gasteiger partial charge in [0.05, 0.1) is 19.1 Å². The lowest BCUT2D eigenvalue weighted by molar-refractivity contribution is -0.144. The molecule has 3 atom stereocenters. The zero-order chi connectivity index (χ0) is 30.4. The third-order valence-electron chi connectivity index (χ3n) is 9.50. The van der Waals surface area contributed by atoms with Crippen LogP contribution in [0.4, 0.5) is 0 Å². The van der Waals surface area contributed by atoms with Gasteiger partial charge < -0.3 is 24.5 Å². The van der Waals surface area contributed by atoms with Crippen molar-refractivity contribution >= 4 is 17.8 Å². The van der Waals surface area contributed by atoms with Gasteiger partial charge in [-0.25, -0.2) is 0 Å². The van der Waals surface area contributed by atoms with E-state index in [1.165, 1.54) is 0 Å². The first kappa shape index (κ1) is 32.3. The van der Waals surface area contributed by atoms with Crippen molar-refractivity contribution in [2.24, 2.45) is 11.3 Å². The second kappa shape index (κ2) is 14.2. The van der Waals surface area contributed by atoms with Crippen LogP contribution in [0, 0.1) is 11.3 Å². The summed E-state index contributed by atoms with van der Waals surface area (Å²) in [7, 11) is 4.13. The highest BCUT2D eigenvalue weighted by Gasteiger charge is 2.48. The monoisotopic (exact) mass is 584 g/mol. The molecule has 3 aliphatic heterocycles. The summed E-state index contributed by atoms with van der Waals surface area (Å²) >= 11 is 0. The van der Waals surface area contributed by atoms with Crippen molar-refractivity contribution < 1.29 is 24.2 Å². The molecule has 3 aliphatic rings. The number of amides is 2. The Bertz CT molecular complexity index is 1110. The van der Waals surface area contributed by atoms with E-state index in [1.807, 2.05) is 35.8 Å². The predicted octanol–water partition coefficient (Wildman–Crippen LogP) is 3.71. The van der Waals surface area contributed by atoms with Crippen LogP contribution < -0.4 is 4.74 Å². The maximum absolute atomic E-state index is 13.8. The standard InChI is InChI=1S/C33H52N4O5/c1-6-7-16-35(17-9-8-15-34(4)5)29(38)23-37-22-26(24-10-11-28-25(21-24)13-20-42-28)30(31(39)40)27(37)12-18-36-19-14-33(2,3)32(36)41/h10-11,21,26-27,30H,6-9,12-20,22-23H2,1-5H3,(H,39,40). The van der Waals surface area contributed by atoms with Gasteiger partial charge in [0.2, 0.25) is 11.8 Å². The fourth-order valence-electron chi connectivity index (χ4n) is 6.89.